The minimum absolute atomic E-state index is 0.0792. The van der Waals surface area contributed by atoms with Crippen LogP contribution >= 0.6 is 23.1 Å². The number of Topliss-reactive ketones (excluding diaryl/α,β-unsaturated/α-hetero) is 1. The van der Waals surface area contributed by atoms with Gasteiger partial charge in [-0.2, -0.15) is 0 Å². The normalized spacial score (nSPS) is 11.8. The fourth-order valence-corrected chi connectivity index (χ4v) is 4.94. The van der Waals surface area contributed by atoms with Crippen LogP contribution in [0.25, 0.3) is 15.9 Å². The molecule has 28 heavy (non-hydrogen) atoms. The van der Waals surface area contributed by atoms with Crippen molar-refractivity contribution in [1.29, 1.82) is 0 Å². The molecule has 0 aliphatic rings. The summed E-state index contributed by atoms with van der Waals surface area (Å²) in [7, 11) is 0. The number of thiophene rings is 1. The topological polar surface area (TPSA) is 60.2 Å². The standard InChI is InChI=1S/C20H19FN4OS2/c1-10(2)17-22-19-16(11(3)12(4)28-19)18-23-24-20(25(17)18)27-9-15(26)13-5-7-14(21)8-6-13/h5-8,10H,9H2,1-4H3. The van der Waals surface area contributed by atoms with Gasteiger partial charge in [0.1, 0.15) is 16.5 Å². The minimum Gasteiger partial charge on any atom is -0.293 e. The molecule has 0 aliphatic carbocycles. The first-order chi connectivity index (χ1) is 13.4. The lowest BCUT2D eigenvalue weighted by molar-refractivity contribution is 0.102. The SMILES string of the molecule is Cc1sc2nc(C(C)C)n3c(SCC(=O)c4ccc(F)cc4)nnc3c2c1C. The molecule has 0 aliphatic heterocycles. The number of hydrogen-bond donors (Lipinski definition) is 0. The molecule has 8 heteroatoms. The second-order valence-corrected chi connectivity index (χ2v) is 9.09. The predicted molar refractivity (Wildman–Crippen MR) is 111 cm³/mol. The summed E-state index contributed by atoms with van der Waals surface area (Å²) in [6.45, 7) is 8.32. The van der Waals surface area contributed by atoms with Crippen molar-refractivity contribution in [3.63, 3.8) is 0 Å². The summed E-state index contributed by atoms with van der Waals surface area (Å²) in [6.07, 6.45) is 0. The summed E-state index contributed by atoms with van der Waals surface area (Å²) in [4.78, 5) is 19.5. The number of aromatic nitrogens is 4. The smallest absolute Gasteiger partial charge is 0.197 e. The van der Waals surface area contributed by atoms with E-state index < -0.39 is 0 Å². The van der Waals surface area contributed by atoms with Crippen LogP contribution in [0.2, 0.25) is 0 Å². The first kappa shape index (κ1) is 19.0. The Morgan fingerprint density at radius 3 is 2.61 bits per heavy atom. The number of hydrogen-bond acceptors (Lipinski definition) is 6. The molecule has 0 amide bonds. The van der Waals surface area contributed by atoms with Crippen LogP contribution in [-0.4, -0.2) is 31.1 Å². The molecule has 1 aromatic carbocycles. The van der Waals surface area contributed by atoms with Crippen molar-refractivity contribution in [3.8, 4) is 0 Å². The number of fused-ring (bicyclic) bond motifs is 3. The summed E-state index contributed by atoms with van der Waals surface area (Å²) >= 11 is 2.99. The molecule has 0 unspecified atom stereocenters. The third kappa shape index (κ3) is 3.20. The van der Waals surface area contributed by atoms with Gasteiger partial charge in [-0.25, -0.2) is 9.37 Å². The maximum absolute atomic E-state index is 13.1. The van der Waals surface area contributed by atoms with E-state index in [-0.39, 0.29) is 23.3 Å². The van der Waals surface area contributed by atoms with Gasteiger partial charge in [0.2, 0.25) is 0 Å². The van der Waals surface area contributed by atoms with Crippen LogP contribution in [0.4, 0.5) is 4.39 Å². The summed E-state index contributed by atoms with van der Waals surface area (Å²) in [5.74, 6) is 0.822. The van der Waals surface area contributed by atoms with Gasteiger partial charge in [0, 0.05) is 16.4 Å². The van der Waals surface area contributed by atoms with Gasteiger partial charge in [0.05, 0.1) is 11.1 Å². The average Bonchev–Trinajstić information content (AvgIpc) is 3.20. The largest absolute Gasteiger partial charge is 0.293 e. The Balaban J connectivity index is 1.74. The van der Waals surface area contributed by atoms with E-state index in [9.17, 15) is 9.18 Å². The molecule has 3 heterocycles. The summed E-state index contributed by atoms with van der Waals surface area (Å²) in [5, 5.41) is 10.4. The number of carbonyl (C=O) groups is 1. The highest BCUT2D eigenvalue weighted by molar-refractivity contribution is 7.99. The number of benzene rings is 1. The van der Waals surface area contributed by atoms with Gasteiger partial charge in [-0.1, -0.05) is 25.6 Å². The number of carbonyl (C=O) groups excluding carboxylic acids is 1. The van der Waals surface area contributed by atoms with Crippen molar-refractivity contribution >= 4 is 44.7 Å². The Morgan fingerprint density at radius 2 is 1.93 bits per heavy atom. The van der Waals surface area contributed by atoms with E-state index in [0.29, 0.717) is 10.7 Å². The second-order valence-electron chi connectivity index (χ2n) is 6.95. The quantitative estimate of drug-likeness (QED) is 0.332. The minimum atomic E-state index is -0.356. The molecular weight excluding hydrogens is 395 g/mol. The van der Waals surface area contributed by atoms with Crippen molar-refractivity contribution in [3.05, 3.63) is 51.9 Å². The number of ketones is 1. The zero-order valence-corrected chi connectivity index (χ0v) is 17.6. The van der Waals surface area contributed by atoms with Gasteiger partial charge in [0.25, 0.3) is 0 Å². The fourth-order valence-electron chi connectivity index (χ4n) is 3.07. The number of halogens is 1. The van der Waals surface area contributed by atoms with Crippen LogP contribution in [0.1, 0.15) is 46.4 Å². The zero-order chi connectivity index (χ0) is 20.0. The van der Waals surface area contributed by atoms with Crippen molar-refractivity contribution in [2.45, 2.75) is 38.8 Å². The Labute approximate surface area is 170 Å². The molecule has 0 N–H and O–H groups in total. The molecule has 0 saturated carbocycles. The Bertz CT molecular complexity index is 1190. The third-order valence-corrected chi connectivity index (χ3v) is 6.71. The van der Waals surface area contributed by atoms with E-state index in [1.807, 2.05) is 4.40 Å². The monoisotopic (exact) mass is 414 g/mol. The van der Waals surface area contributed by atoms with Gasteiger partial charge in [0.15, 0.2) is 16.6 Å². The van der Waals surface area contributed by atoms with E-state index in [1.54, 1.807) is 11.3 Å². The van der Waals surface area contributed by atoms with Crippen molar-refractivity contribution in [2.24, 2.45) is 0 Å². The van der Waals surface area contributed by atoms with E-state index in [1.165, 1.54) is 46.5 Å². The molecule has 0 atom stereocenters. The molecular formula is C20H19FN4OS2. The summed E-state index contributed by atoms with van der Waals surface area (Å²) < 4.78 is 15.0. The van der Waals surface area contributed by atoms with Crippen LogP contribution in [0.3, 0.4) is 0 Å². The van der Waals surface area contributed by atoms with Gasteiger partial charge in [-0.3, -0.25) is 9.20 Å². The van der Waals surface area contributed by atoms with E-state index in [4.69, 9.17) is 4.98 Å². The van der Waals surface area contributed by atoms with Crippen LogP contribution < -0.4 is 0 Å². The number of thioether (sulfide) groups is 1. The van der Waals surface area contributed by atoms with E-state index in [2.05, 4.69) is 37.9 Å². The third-order valence-electron chi connectivity index (χ3n) is 4.68. The van der Waals surface area contributed by atoms with Crippen LogP contribution in [-0.2, 0) is 0 Å². The molecule has 0 saturated heterocycles. The van der Waals surface area contributed by atoms with Gasteiger partial charge in [-0.15, -0.1) is 21.5 Å². The van der Waals surface area contributed by atoms with Crippen LogP contribution in [0, 0.1) is 19.7 Å². The van der Waals surface area contributed by atoms with Gasteiger partial charge in [-0.05, 0) is 43.7 Å². The Hall–Kier alpha value is -2.32. The molecule has 4 rings (SSSR count). The van der Waals surface area contributed by atoms with Crippen molar-refractivity contribution in [2.75, 3.05) is 5.75 Å². The van der Waals surface area contributed by atoms with E-state index >= 15 is 0 Å². The molecule has 0 fully saturated rings. The first-order valence-electron chi connectivity index (χ1n) is 8.93. The van der Waals surface area contributed by atoms with Crippen molar-refractivity contribution in [1.82, 2.24) is 19.6 Å². The van der Waals surface area contributed by atoms with Crippen molar-refractivity contribution < 1.29 is 9.18 Å². The average molecular weight is 415 g/mol. The summed E-state index contributed by atoms with van der Waals surface area (Å²) in [6, 6.07) is 5.59. The highest BCUT2D eigenvalue weighted by atomic mass is 32.2. The molecule has 144 valence electrons. The Kier molecular flexibility index (Phi) is 4.93. The van der Waals surface area contributed by atoms with Crippen LogP contribution in [0.5, 0.6) is 0 Å². The number of aryl methyl sites for hydroxylation is 2. The Morgan fingerprint density at radius 1 is 1.21 bits per heavy atom. The second kappa shape index (κ2) is 7.25. The molecule has 0 radical (unpaired) electrons. The lowest BCUT2D eigenvalue weighted by Crippen LogP contribution is -2.07. The lowest BCUT2D eigenvalue weighted by atomic mass is 10.1. The lowest BCUT2D eigenvalue weighted by Gasteiger charge is -2.10. The molecule has 0 spiro atoms. The fraction of sp³-hybridized carbons (Fsp3) is 0.300. The predicted octanol–water partition coefficient (Wildman–Crippen LogP) is 5.19. The van der Waals surface area contributed by atoms with E-state index in [0.717, 1.165) is 21.7 Å². The molecule has 5 nitrogen and oxygen atoms in total. The molecule has 4 aromatic rings. The van der Waals surface area contributed by atoms with Gasteiger partial charge < -0.3 is 0 Å². The zero-order valence-electron chi connectivity index (χ0n) is 16.0. The molecule has 0 bridgehead atoms. The van der Waals surface area contributed by atoms with Gasteiger partial charge >= 0.3 is 0 Å². The maximum atomic E-state index is 13.1. The highest BCUT2D eigenvalue weighted by Gasteiger charge is 2.21. The summed E-state index contributed by atoms with van der Waals surface area (Å²) in [5.41, 5.74) is 2.43. The maximum Gasteiger partial charge on any atom is 0.197 e. The number of rotatable bonds is 5. The number of nitrogens with zero attached hydrogens (tertiary/aromatic N) is 4. The van der Waals surface area contributed by atoms with Crippen LogP contribution in [0.15, 0.2) is 29.4 Å². The molecule has 3 aromatic heterocycles. The highest BCUT2D eigenvalue weighted by Crippen LogP contribution is 2.34. The first-order valence-corrected chi connectivity index (χ1v) is 10.7.